The minimum Gasteiger partial charge on any atom is -0.369 e. The lowest BCUT2D eigenvalue weighted by Gasteiger charge is -2.24. The summed E-state index contributed by atoms with van der Waals surface area (Å²) in [6.07, 6.45) is 4.54. The van der Waals surface area contributed by atoms with Crippen LogP contribution in [-0.4, -0.2) is 29.6 Å². The average molecular weight is 321 g/mol. The molecule has 1 aliphatic heterocycles. The van der Waals surface area contributed by atoms with E-state index in [1.807, 2.05) is 13.1 Å². The summed E-state index contributed by atoms with van der Waals surface area (Å²) in [5.74, 6) is 3.03. The van der Waals surface area contributed by atoms with E-state index < -0.39 is 0 Å². The molecule has 1 saturated heterocycles. The summed E-state index contributed by atoms with van der Waals surface area (Å²) in [6.45, 7) is 9.60. The van der Waals surface area contributed by atoms with E-state index in [0.717, 1.165) is 24.7 Å². The molecule has 0 radical (unpaired) electrons. The van der Waals surface area contributed by atoms with Gasteiger partial charge in [0.25, 0.3) is 0 Å². The van der Waals surface area contributed by atoms with Gasteiger partial charge in [0.05, 0.1) is 0 Å². The molecule has 20 heavy (non-hydrogen) atoms. The van der Waals surface area contributed by atoms with Crippen LogP contribution in [0.15, 0.2) is 6.20 Å². The topological polar surface area (TPSA) is 49.8 Å². The molecule has 0 spiro atoms. The molecule has 6 heteroatoms. The van der Waals surface area contributed by atoms with Gasteiger partial charge in [0.2, 0.25) is 0 Å². The first-order valence-corrected chi connectivity index (χ1v) is 6.95. The number of halogens is 2. The van der Waals surface area contributed by atoms with Gasteiger partial charge in [-0.15, -0.1) is 24.8 Å². The summed E-state index contributed by atoms with van der Waals surface area (Å²) in [5, 5.41) is 6.96. The Balaban J connectivity index is 0.00000180. The molecule has 1 fully saturated rings. The molecule has 0 saturated carbocycles. The van der Waals surface area contributed by atoms with Crippen molar-refractivity contribution >= 4 is 30.6 Å². The molecular formula is C14H26Cl2N4. The highest BCUT2D eigenvalue weighted by Gasteiger charge is 2.14. The van der Waals surface area contributed by atoms with E-state index >= 15 is 0 Å². The lowest BCUT2D eigenvalue weighted by Crippen LogP contribution is -2.33. The number of nitrogens with zero attached hydrogens (tertiary/aromatic N) is 2. The van der Waals surface area contributed by atoms with E-state index in [4.69, 9.17) is 0 Å². The first-order valence-electron chi connectivity index (χ1n) is 6.95. The van der Waals surface area contributed by atoms with E-state index in [-0.39, 0.29) is 24.8 Å². The fourth-order valence-corrected chi connectivity index (χ4v) is 2.38. The predicted octanol–water partition coefficient (Wildman–Crippen LogP) is 3.16. The Morgan fingerprint density at radius 3 is 2.75 bits per heavy atom. The van der Waals surface area contributed by atoms with E-state index in [9.17, 15) is 0 Å². The lowest BCUT2D eigenvalue weighted by molar-refractivity contribution is 0.392. The molecule has 2 heterocycles. The quantitative estimate of drug-likeness (QED) is 0.894. The van der Waals surface area contributed by atoms with Crippen molar-refractivity contribution in [2.45, 2.75) is 39.5 Å². The summed E-state index contributed by atoms with van der Waals surface area (Å²) in [7, 11) is 0. The minimum atomic E-state index is 0. The standard InChI is InChI=1S/C14H24N4.2ClH/c1-10(2)13-9-16-11(3)18-14(13)17-8-12-5-4-6-15-7-12;;/h9-10,12,15H,4-8H2,1-3H3,(H,16,17,18);2*1H. The van der Waals surface area contributed by atoms with Crippen molar-refractivity contribution in [3.8, 4) is 0 Å². The molecule has 1 aliphatic rings. The van der Waals surface area contributed by atoms with Gasteiger partial charge in [0.1, 0.15) is 11.6 Å². The van der Waals surface area contributed by atoms with Crippen LogP contribution in [0.25, 0.3) is 0 Å². The van der Waals surface area contributed by atoms with Crippen LogP contribution < -0.4 is 10.6 Å². The van der Waals surface area contributed by atoms with Gasteiger partial charge in [-0.2, -0.15) is 0 Å². The van der Waals surface area contributed by atoms with Crippen molar-refractivity contribution in [2.24, 2.45) is 5.92 Å². The number of anilines is 1. The zero-order chi connectivity index (χ0) is 13.0. The molecule has 0 amide bonds. The zero-order valence-corrected chi connectivity index (χ0v) is 14.1. The largest absolute Gasteiger partial charge is 0.369 e. The van der Waals surface area contributed by atoms with Crippen molar-refractivity contribution in [3.05, 3.63) is 17.6 Å². The highest BCUT2D eigenvalue weighted by Crippen LogP contribution is 2.22. The van der Waals surface area contributed by atoms with Crippen LogP contribution in [0.3, 0.4) is 0 Å². The number of nitrogens with one attached hydrogen (secondary N) is 2. The van der Waals surface area contributed by atoms with Crippen LogP contribution in [0.1, 0.15) is 44.0 Å². The second-order valence-electron chi connectivity index (χ2n) is 5.47. The maximum absolute atomic E-state index is 4.54. The van der Waals surface area contributed by atoms with E-state index in [1.165, 1.54) is 24.9 Å². The molecule has 116 valence electrons. The molecule has 1 aromatic rings. The van der Waals surface area contributed by atoms with Crippen molar-refractivity contribution in [1.29, 1.82) is 0 Å². The van der Waals surface area contributed by atoms with Crippen molar-refractivity contribution in [3.63, 3.8) is 0 Å². The molecular weight excluding hydrogens is 295 g/mol. The Bertz CT molecular complexity index is 393. The summed E-state index contributed by atoms with van der Waals surface area (Å²) in [5.41, 5.74) is 1.21. The Morgan fingerprint density at radius 1 is 1.40 bits per heavy atom. The maximum Gasteiger partial charge on any atom is 0.133 e. The third kappa shape index (κ3) is 5.43. The van der Waals surface area contributed by atoms with Gasteiger partial charge in [-0.3, -0.25) is 0 Å². The molecule has 1 aromatic heterocycles. The van der Waals surface area contributed by atoms with Crippen LogP contribution in [0, 0.1) is 12.8 Å². The number of aryl methyl sites for hydroxylation is 1. The molecule has 1 atom stereocenters. The first kappa shape index (κ1) is 19.4. The van der Waals surface area contributed by atoms with Crippen LogP contribution in [-0.2, 0) is 0 Å². The van der Waals surface area contributed by atoms with Crippen LogP contribution in [0.2, 0.25) is 0 Å². The number of hydrogen-bond acceptors (Lipinski definition) is 4. The molecule has 1 unspecified atom stereocenters. The molecule has 2 rings (SSSR count). The second kappa shape index (κ2) is 9.37. The fraction of sp³-hybridized carbons (Fsp3) is 0.714. The number of hydrogen-bond donors (Lipinski definition) is 2. The SMILES string of the molecule is Cc1ncc(C(C)C)c(NCC2CCCNC2)n1.Cl.Cl. The maximum atomic E-state index is 4.54. The smallest absolute Gasteiger partial charge is 0.133 e. The third-order valence-corrected chi connectivity index (χ3v) is 3.52. The van der Waals surface area contributed by atoms with E-state index in [2.05, 4.69) is 34.4 Å². The Hall–Kier alpha value is -0.580. The van der Waals surface area contributed by atoms with Gasteiger partial charge >= 0.3 is 0 Å². The summed E-state index contributed by atoms with van der Waals surface area (Å²) in [4.78, 5) is 8.83. The molecule has 4 nitrogen and oxygen atoms in total. The highest BCUT2D eigenvalue weighted by molar-refractivity contribution is 5.85. The second-order valence-corrected chi connectivity index (χ2v) is 5.47. The van der Waals surface area contributed by atoms with Crippen LogP contribution in [0.5, 0.6) is 0 Å². The lowest BCUT2D eigenvalue weighted by atomic mass is 9.99. The summed E-state index contributed by atoms with van der Waals surface area (Å²) >= 11 is 0. The Kier molecular flexibility index (Phi) is 9.10. The van der Waals surface area contributed by atoms with Gasteiger partial charge < -0.3 is 10.6 Å². The van der Waals surface area contributed by atoms with Gasteiger partial charge in [0.15, 0.2) is 0 Å². The molecule has 0 aromatic carbocycles. The fourth-order valence-electron chi connectivity index (χ4n) is 2.38. The number of aromatic nitrogens is 2. The van der Waals surface area contributed by atoms with Crippen molar-refractivity contribution in [2.75, 3.05) is 25.0 Å². The van der Waals surface area contributed by atoms with Gasteiger partial charge in [-0.05, 0) is 44.7 Å². The summed E-state index contributed by atoms with van der Waals surface area (Å²) < 4.78 is 0. The van der Waals surface area contributed by atoms with E-state index in [1.54, 1.807) is 0 Å². The van der Waals surface area contributed by atoms with Crippen molar-refractivity contribution < 1.29 is 0 Å². The summed E-state index contributed by atoms with van der Waals surface area (Å²) in [6, 6.07) is 0. The highest BCUT2D eigenvalue weighted by atomic mass is 35.5. The van der Waals surface area contributed by atoms with E-state index in [0.29, 0.717) is 11.8 Å². The third-order valence-electron chi connectivity index (χ3n) is 3.52. The number of rotatable bonds is 4. The molecule has 2 N–H and O–H groups in total. The van der Waals surface area contributed by atoms with Crippen molar-refractivity contribution in [1.82, 2.24) is 15.3 Å². The Labute approximate surface area is 134 Å². The number of piperidine rings is 1. The monoisotopic (exact) mass is 320 g/mol. The van der Waals surface area contributed by atoms with Gasteiger partial charge in [-0.1, -0.05) is 13.8 Å². The van der Waals surface area contributed by atoms with Crippen LogP contribution >= 0.6 is 24.8 Å². The van der Waals surface area contributed by atoms with Gasteiger partial charge in [0, 0.05) is 18.3 Å². The Morgan fingerprint density at radius 2 is 2.15 bits per heavy atom. The molecule has 0 aliphatic carbocycles. The van der Waals surface area contributed by atoms with Gasteiger partial charge in [-0.25, -0.2) is 9.97 Å². The minimum absolute atomic E-state index is 0. The molecule has 0 bridgehead atoms. The first-order chi connectivity index (χ1) is 8.66. The zero-order valence-electron chi connectivity index (χ0n) is 12.5. The average Bonchev–Trinajstić information content (AvgIpc) is 2.37. The normalized spacial score (nSPS) is 18.1. The van der Waals surface area contributed by atoms with Crippen LogP contribution in [0.4, 0.5) is 5.82 Å². The predicted molar refractivity (Wildman–Crippen MR) is 89.4 cm³/mol.